The van der Waals surface area contributed by atoms with Crippen LogP contribution in [0.3, 0.4) is 0 Å². The van der Waals surface area contributed by atoms with Crippen LogP contribution in [0, 0.1) is 0 Å². The minimum absolute atomic E-state index is 0.126. The Kier molecular flexibility index (Phi) is 4.28. The minimum atomic E-state index is -0.927. The molecule has 0 aliphatic carbocycles. The van der Waals surface area contributed by atoms with Crippen LogP contribution >= 0.6 is 11.3 Å². The van der Waals surface area contributed by atoms with Crippen LogP contribution in [0.5, 0.6) is 0 Å². The lowest BCUT2D eigenvalue weighted by Gasteiger charge is -2.09. The number of para-hydroxylation sites is 1. The van der Waals surface area contributed by atoms with Gasteiger partial charge >= 0.3 is 0 Å². The molecule has 0 spiro atoms. The zero-order valence-electron chi connectivity index (χ0n) is 9.88. The Bertz CT molecular complexity index is 564. The normalized spacial score (nSPS) is 12.1. The average molecular weight is 279 g/mol. The first-order valence-electron chi connectivity index (χ1n) is 5.39. The van der Waals surface area contributed by atoms with E-state index in [1.165, 1.54) is 11.3 Å². The van der Waals surface area contributed by atoms with Crippen LogP contribution in [0.1, 0.15) is 15.2 Å². The molecule has 1 aromatic heterocycles. The summed E-state index contributed by atoms with van der Waals surface area (Å²) in [5.74, 6) is 0.320. The molecule has 0 saturated carbocycles. The molecule has 0 fully saturated rings. The molecule has 0 aliphatic heterocycles. The molecule has 1 amide bonds. The van der Waals surface area contributed by atoms with Gasteiger partial charge in [-0.3, -0.25) is 9.00 Å². The molecule has 2 rings (SSSR count). The fraction of sp³-hybridized carbons (Fsp3) is 0.154. The summed E-state index contributed by atoms with van der Waals surface area (Å²) in [5.41, 5.74) is 1.62. The zero-order valence-corrected chi connectivity index (χ0v) is 11.5. The second-order valence-electron chi connectivity index (χ2n) is 3.81. The number of amides is 1. The maximum absolute atomic E-state index is 11.9. The predicted molar refractivity (Wildman–Crippen MR) is 76.5 cm³/mol. The summed E-state index contributed by atoms with van der Waals surface area (Å²) >= 11 is 1.40. The number of thiophene rings is 1. The summed E-state index contributed by atoms with van der Waals surface area (Å²) in [7, 11) is -0.927. The first-order valence-corrected chi connectivity index (χ1v) is 8.00. The Morgan fingerprint density at radius 1 is 1.28 bits per heavy atom. The molecule has 1 heterocycles. The molecule has 0 unspecified atom stereocenters. The van der Waals surface area contributed by atoms with E-state index in [4.69, 9.17) is 0 Å². The quantitative estimate of drug-likeness (QED) is 0.935. The molecule has 1 N–H and O–H groups in total. The van der Waals surface area contributed by atoms with E-state index in [0.717, 1.165) is 11.3 Å². The lowest BCUT2D eigenvalue weighted by atomic mass is 10.2. The van der Waals surface area contributed by atoms with E-state index >= 15 is 0 Å². The molecule has 0 bridgehead atoms. The minimum Gasteiger partial charge on any atom is -0.321 e. The number of carbonyl (C=O) groups excluding carboxylic acids is 1. The fourth-order valence-corrected chi connectivity index (χ4v) is 2.89. The Morgan fingerprint density at radius 2 is 2.06 bits per heavy atom. The van der Waals surface area contributed by atoms with Gasteiger partial charge in [-0.05, 0) is 23.1 Å². The van der Waals surface area contributed by atoms with Gasteiger partial charge < -0.3 is 5.32 Å². The van der Waals surface area contributed by atoms with E-state index in [9.17, 15) is 9.00 Å². The standard InChI is InChI=1S/C13H13NO2S2/c1-18(16)9-10-5-2-3-6-11(10)14-13(15)12-7-4-8-17-12/h2-8H,9H2,1H3,(H,14,15)/t18-/m1/s1. The van der Waals surface area contributed by atoms with E-state index in [-0.39, 0.29) is 5.91 Å². The van der Waals surface area contributed by atoms with Crippen LogP contribution in [0.4, 0.5) is 5.69 Å². The van der Waals surface area contributed by atoms with Crippen LogP contribution in [-0.2, 0) is 16.6 Å². The van der Waals surface area contributed by atoms with E-state index < -0.39 is 10.8 Å². The molecule has 5 heteroatoms. The molecule has 94 valence electrons. The van der Waals surface area contributed by atoms with Crippen molar-refractivity contribution in [1.29, 1.82) is 0 Å². The highest BCUT2D eigenvalue weighted by molar-refractivity contribution is 7.83. The van der Waals surface area contributed by atoms with Crippen molar-refractivity contribution < 1.29 is 9.00 Å². The van der Waals surface area contributed by atoms with E-state index in [1.54, 1.807) is 12.3 Å². The topological polar surface area (TPSA) is 46.2 Å². The molecule has 1 atom stereocenters. The number of carbonyl (C=O) groups is 1. The molecule has 2 aromatic rings. The van der Waals surface area contributed by atoms with E-state index in [1.807, 2.05) is 35.7 Å². The maximum atomic E-state index is 11.9. The van der Waals surface area contributed by atoms with Gasteiger partial charge in [-0.25, -0.2) is 0 Å². The molecule has 0 saturated heterocycles. The number of nitrogens with one attached hydrogen (secondary N) is 1. The van der Waals surface area contributed by atoms with Crippen molar-refractivity contribution in [3.63, 3.8) is 0 Å². The van der Waals surface area contributed by atoms with Gasteiger partial charge in [0.25, 0.3) is 5.91 Å². The van der Waals surface area contributed by atoms with Gasteiger partial charge in [0.15, 0.2) is 0 Å². The molecular weight excluding hydrogens is 266 g/mol. The fourth-order valence-electron chi connectivity index (χ4n) is 1.58. The molecule has 18 heavy (non-hydrogen) atoms. The molecule has 1 aromatic carbocycles. The summed E-state index contributed by atoms with van der Waals surface area (Å²) in [6.07, 6.45) is 1.65. The summed E-state index contributed by atoms with van der Waals surface area (Å²) in [4.78, 5) is 12.6. The third-order valence-electron chi connectivity index (χ3n) is 2.37. The first-order chi connectivity index (χ1) is 8.66. The van der Waals surface area contributed by atoms with E-state index in [2.05, 4.69) is 5.32 Å². The maximum Gasteiger partial charge on any atom is 0.265 e. The highest BCUT2D eigenvalue weighted by Crippen LogP contribution is 2.19. The Labute approximate surface area is 112 Å². The van der Waals surface area contributed by atoms with Gasteiger partial charge in [0.2, 0.25) is 0 Å². The second-order valence-corrected chi connectivity index (χ2v) is 6.19. The van der Waals surface area contributed by atoms with Gasteiger partial charge in [-0.15, -0.1) is 11.3 Å². The number of anilines is 1. The first kappa shape index (κ1) is 13.0. The highest BCUT2D eigenvalue weighted by Gasteiger charge is 2.10. The van der Waals surface area contributed by atoms with Gasteiger partial charge in [0.05, 0.1) is 10.6 Å². The van der Waals surface area contributed by atoms with Crippen LogP contribution < -0.4 is 5.32 Å². The largest absolute Gasteiger partial charge is 0.321 e. The average Bonchev–Trinajstić information content (AvgIpc) is 2.84. The van der Waals surface area contributed by atoms with Gasteiger partial charge in [-0.1, -0.05) is 24.3 Å². The molecule has 0 aliphatic rings. The summed E-state index contributed by atoms with van der Waals surface area (Å²) in [6, 6.07) is 11.1. The third-order valence-corrected chi connectivity index (χ3v) is 3.96. The number of hydrogen-bond donors (Lipinski definition) is 1. The van der Waals surface area contributed by atoms with Crippen LogP contribution in [0.25, 0.3) is 0 Å². The Hall–Kier alpha value is -1.46. The second kappa shape index (κ2) is 5.93. The number of hydrogen-bond acceptors (Lipinski definition) is 3. The van der Waals surface area contributed by atoms with Crippen molar-refractivity contribution in [3.05, 3.63) is 52.2 Å². The van der Waals surface area contributed by atoms with Crippen LogP contribution in [0.2, 0.25) is 0 Å². The Morgan fingerprint density at radius 3 is 2.72 bits per heavy atom. The van der Waals surface area contributed by atoms with Crippen molar-refractivity contribution in [2.75, 3.05) is 11.6 Å². The Balaban J connectivity index is 2.18. The highest BCUT2D eigenvalue weighted by atomic mass is 32.2. The predicted octanol–water partition coefficient (Wildman–Crippen LogP) is 2.88. The molecule has 0 radical (unpaired) electrons. The van der Waals surface area contributed by atoms with Crippen molar-refractivity contribution in [3.8, 4) is 0 Å². The monoisotopic (exact) mass is 279 g/mol. The zero-order chi connectivity index (χ0) is 13.0. The number of rotatable bonds is 4. The van der Waals surface area contributed by atoms with Crippen molar-refractivity contribution >= 4 is 33.7 Å². The summed E-state index contributed by atoms with van der Waals surface area (Å²) in [5, 5.41) is 4.72. The summed E-state index contributed by atoms with van der Waals surface area (Å²) < 4.78 is 11.3. The van der Waals surface area contributed by atoms with Crippen LogP contribution in [0.15, 0.2) is 41.8 Å². The van der Waals surface area contributed by atoms with Crippen molar-refractivity contribution in [2.24, 2.45) is 0 Å². The molecule has 3 nitrogen and oxygen atoms in total. The van der Waals surface area contributed by atoms with Gasteiger partial charge in [0.1, 0.15) is 0 Å². The van der Waals surface area contributed by atoms with E-state index in [0.29, 0.717) is 10.6 Å². The van der Waals surface area contributed by atoms with Gasteiger partial charge in [0, 0.05) is 22.7 Å². The lowest BCUT2D eigenvalue weighted by Crippen LogP contribution is -2.12. The van der Waals surface area contributed by atoms with Crippen LogP contribution in [-0.4, -0.2) is 16.4 Å². The molecular formula is C13H13NO2S2. The lowest BCUT2D eigenvalue weighted by molar-refractivity contribution is 0.103. The van der Waals surface area contributed by atoms with Gasteiger partial charge in [-0.2, -0.15) is 0 Å². The number of benzene rings is 1. The van der Waals surface area contributed by atoms with Crippen molar-refractivity contribution in [1.82, 2.24) is 0 Å². The third kappa shape index (κ3) is 3.27. The SMILES string of the molecule is C[S@@](=O)Cc1ccccc1NC(=O)c1cccs1. The summed E-state index contributed by atoms with van der Waals surface area (Å²) in [6.45, 7) is 0. The smallest absolute Gasteiger partial charge is 0.265 e. The van der Waals surface area contributed by atoms with Crippen molar-refractivity contribution in [2.45, 2.75) is 5.75 Å².